The normalized spacial score (nSPS) is 37.3. The molecular weight excluding hydrogens is 316 g/mol. The summed E-state index contributed by atoms with van der Waals surface area (Å²) in [5.74, 6) is 3.09. The Labute approximate surface area is 155 Å². The van der Waals surface area contributed by atoms with Crippen molar-refractivity contribution in [1.29, 1.82) is 0 Å². The van der Waals surface area contributed by atoms with Gasteiger partial charge in [0, 0.05) is 11.8 Å². The number of allylic oxidation sites excluding steroid dienone is 2. The molecule has 4 aliphatic carbocycles. The summed E-state index contributed by atoms with van der Waals surface area (Å²) in [6.45, 7) is 0. The number of fused-ring (bicyclic) bond motifs is 8. The van der Waals surface area contributed by atoms with Gasteiger partial charge in [0.05, 0.1) is 0 Å². The second kappa shape index (κ2) is 5.42. The number of benzene rings is 2. The highest BCUT2D eigenvalue weighted by Crippen LogP contribution is 2.66. The third kappa shape index (κ3) is 1.89. The standard InChI is InChI=1S/C25H24O/c26-25-23(15-7-3-1-4-8-15)19-14-20(24(25)16-9-5-2-6-10-16)22-18-12-11-17(13-18)21(19)22/h1-10,17-20,23-24H,11-14H2/t17-,18-,19-,20-,23-,24+/m0/s1. The maximum Gasteiger partial charge on any atom is 0.148 e. The molecule has 4 bridgehead atoms. The molecule has 0 aliphatic heterocycles. The maximum absolute atomic E-state index is 13.8. The molecule has 0 aromatic heterocycles. The van der Waals surface area contributed by atoms with Gasteiger partial charge >= 0.3 is 0 Å². The van der Waals surface area contributed by atoms with Crippen molar-refractivity contribution in [2.75, 3.05) is 0 Å². The lowest BCUT2D eigenvalue weighted by Crippen LogP contribution is -2.36. The van der Waals surface area contributed by atoms with Crippen molar-refractivity contribution in [3.8, 4) is 0 Å². The molecule has 0 heterocycles. The highest BCUT2D eigenvalue weighted by Gasteiger charge is 2.58. The summed E-state index contributed by atoms with van der Waals surface area (Å²) >= 11 is 0. The van der Waals surface area contributed by atoms with E-state index < -0.39 is 0 Å². The summed E-state index contributed by atoms with van der Waals surface area (Å²) in [4.78, 5) is 13.8. The van der Waals surface area contributed by atoms with Crippen molar-refractivity contribution in [3.05, 3.63) is 82.9 Å². The first-order valence-electron chi connectivity index (χ1n) is 10.2. The summed E-state index contributed by atoms with van der Waals surface area (Å²) < 4.78 is 0. The fraction of sp³-hybridized carbons (Fsp3) is 0.400. The Morgan fingerprint density at radius 3 is 1.54 bits per heavy atom. The second-order valence-corrected chi connectivity index (χ2v) is 8.75. The van der Waals surface area contributed by atoms with E-state index in [0.29, 0.717) is 17.6 Å². The van der Waals surface area contributed by atoms with Gasteiger partial charge in [-0.15, -0.1) is 0 Å². The molecule has 26 heavy (non-hydrogen) atoms. The first-order valence-corrected chi connectivity index (χ1v) is 10.2. The predicted molar refractivity (Wildman–Crippen MR) is 103 cm³/mol. The molecule has 0 unspecified atom stereocenters. The monoisotopic (exact) mass is 340 g/mol. The smallest absolute Gasteiger partial charge is 0.148 e. The van der Waals surface area contributed by atoms with Crippen LogP contribution in [0.5, 0.6) is 0 Å². The summed E-state index contributed by atoms with van der Waals surface area (Å²) in [5, 5.41) is 0. The van der Waals surface area contributed by atoms with Gasteiger partial charge in [0.25, 0.3) is 0 Å². The number of carbonyl (C=O) groups is 1. The molecule has 0 N–H and O–H groups in total. The highest BCUT2D eigenvalue weighted by molar-refractivity contribution is 5.95. The molecule has 0 amide bonds. The topological polar surface area (TPSA) is 17.1 Å². The van der Waals surface area contributed by atoms with Crippen molar-refractivity contribution in [1.82, 2.24) is 0 Å². The van der Waals surface area contributed by atoms with Crippen LogP contribution in [0.3, 0.4) is 0 Å². The van der Waals surface area contributed by atoms with Gasteiger partial charge < -0.3 is 0 Å². The van der Waals surface area contributed by atoms with Crippen LogP contribution >= 0.6 is 0 Å². The number of ketones is 1. The third-order valence-electron chi connectivity index (χ3n) is 7.69. The van der Waals surface area contributed by atoms with E-state index in [0.717, 1.165) is 11.8 Å². The zero-order chi connectivity index (χ0) is 17.3. The van der Waals surface area contributed by atoms with E-state index in [1.54, 1.807) is 11.1 Å². The van der Waals surface area contributed by atoms with Crippen molar-refractivity contribution in [3.63, 3.8) is 0 Å². The molecule has 2 fully saturated rings. The lowest BCUT2D eigenvalue weighted by atomic mass is 9.64. The predicted octanol–water partition coefficient (Wildman–Crippen LogP) is 5.50. The molecule has 2 aromatic rings. The van der Waals surface area contributed by atoms with Gasteiger partial charge in [0.1, 0.15) is 5.78 Å². The molecule has 2 saturated carbocycles. The first kappa shape index (κ1) is 15.0. The van der Waals surface area contributed by atoms with Gasteiger partial charge in [-0.25, -0.2) is 0 Å². The lowest BCUT2D eigenvalue weighted by molar-refractivity contribution is -0.125. The highest BCUT2D eigenvalue weighted by atomic mass is 16.1. The van der Waals surface area contributed by atoms with Gasteiger partial charge in [0.2, 0.25) is 0 Å². The SMILES string of the molecule is O=C1[C@H](c2ccccc2)[C@H]2C[C@@H](C3=C2[C@H]2CC[C@H]3C2)[C@@H]1c1ccccc1. The van der Waals surface area contributed by atoms with E-state index in [9.17, 15) is 4.79 Å². The molecule has 6 atom stereocenters. The van der Waals surface area contributed by atoms with Crippen LogP contribution in [-0.2, 0) is 4.79 Å². The lowest BCUT2D eigenvalue weighted by Gasteiger charge is -2.37. The molecule has 0 saturated heterocycles. The summed E-state index contributed by atoms with van der Waals surface area (Å²) in [6, 6.07) is 21.2. The molecule has 6 rings (SSSR count). The Kier molecular flexibility index (Phi) is 3.12. The average Bonchev–Trinajstić information content (AvgIpc) is 3.37. The summed E-state index contributed by atoms with van der Waals surface area (Å²) in [7, 11) is 0. The van der Waals surface area contributed by atoms with E-state index in [1.165, 1.54) is 36.8 Å². The van der Waals surface area contributed by atoms with Gasteiger partial charge in [-0.1, -0.05) is 71.8 Å². The Hall–Kier alpha value is -2.15. The van der Waals surface area contributed by atoms with E-state index in [1.807, 2.05) is 0 Å². The molecule has 0 spiro atoms. The average molecular weight is 340 g/mol. The van der Waals surface area contributed by atoms with Gasteiger partial charge in [0.15, 0.2) is 0 Å². The maximum atomic E-state index is 13.8. The number of Topliss-reactive ketones (excluding diaryl/α,β-unsaturated/α-hetero) is 1. The summed E-state index contributed by atoms with van der Waals surface area (Å²) in [6.07, 6.45) is 5.29. The van der Waals surface area contributed by atoms with E-state index >= 15 is 0 Å². The van der Waals surface area contributed by atoms with E-state index in [2.05, 4.69) is 60.7 Å². The fourth-order valence-electron chi connectivity index (χ4n) is 6.91. The van der Waals surface area contributed by atoms with Crippen molar-refractivity contribution >= 4 is 5.78 Å². The number of hydrogen-bond donors (Lipinski definition) is 0. The van der Waals surface area contributed by atoms with E-state index in [4.69, 9.17) is 0 Å². The minimum atomic E-state index is 0.0597. The summed E-state index contributed by atoms with van der Waals surface area (Å²) in [5.41, 5.74) is 5.93. The number of hydrogen-bond acceptors (Lipinski definition) is 1. The molecular formula is C25H24O. The van der Waals surface area contributed by atoms with E-state index in [-0.39, 0.29) is 11.8 Å². The molecule has 2 aromatic carbocycles. The van der Waals surface area contributed by atoms with Crippen LogP contribution in [0.15, 0.2) is 71.8 Å². The largest absolute Gasteiger partial charge is 0.298 e. The second-order valence-electron chi connectivity index (χ2n) is 8.75. The Morgan fingerprint density at radius 1 is 0.615 bits per heavy atom. The minimum Gasteiger partial charge on any atom is -0.298 e. The van der Waals surface area contributed by atoms with Crippen molar-refractivity contribution in [2.45, 2.75) is 37.5 Å². The molecule has 1 nitrogen and oxygen atoms in total. The Balaban J connectivity index is 1.53. The van der Waals surface area contributed by atoms with Gasteiger partial charge in [-0.05, 0) is 60.5 Å². The third-order valence-corrected chi connectivity index (χ3v) is 7.69. The zero-order valence-corrected chi connectivity index (χ0v) is 15.0. The number of rotatable bonds is 2. The molecule has 0 radical (unpaired) electrons. The van der Waals surface area contributed by atoms with Crippen LogP contribution in [0.2, 0.25) is 0 Å². The molecule has 4 aliphatic rings. The Morgan fingerprint density at radius 2 is 1.08 bits per heavy atom. The fourth-order valence-corrected chi connectivity index (χ4v) is 6.91. The Bertz CT molecular complexity index is 823. The van der Waals surface area contributed by atoms with Crippen LogP contribution in [0.25, 0.3) is 0 Å². The zero-order valence-electron chi connectivity index (χ0n) is 15.0. The van der Waals surface area contributed by atoms with Crippen LogP contribution < -0.4 is 0 Å². The van der Waals surface area contributed by atoms with Crippen LogP contribution in [0.4, 0.5) is 0 Å². The minimum absolute atomic E-state index is 0.0597. The van der Waals surface area contributed by atoms with Crippen LogP contribution in [0, 0.1) is 23.7 Å². The van der Waals surface area contributed by atoms with Crippen LogP contribution in [0.1, 0.15) is 48.6 Å². The van der Waals surface area contributed by atoms with Gasteiger partial charge in [-0.2, -0.15) is 0 Å². The molecule has 1 heteroatoms. The first-order chi connectivity index (χ1) is 12.8. The van der Waals surface area contributed by atoms with Crippen molar-refractivity contribution < 1.29 is 4.79 Å². The quantitative estimate of drug-likeness (QED) is 0.521. The van der Waals surface area contributed by atoms with Crippen molar-refractivity contribution in [2.24, 2.45) is 23.7 Å². The van der Waals surface area contributed by atoms with Gasteiger partial charge in [-0.3, -0.25) is 4.79 Å². The van der Waals surface area contributed by atoms with Crippen LogP contribution in [-0.4, -0.2) is 5.78 Å². The molecule has 130 valence electrons. The number of carbonyl (C=O) groups excluding carboxylic acids is 1.